The third-order valence-corrected chi connectivity index (χ3v) is 4.35. The van der Waals surface area contributed by atoms with Crippen molar-refractivity contribution in [2.24, 2.45) is 0 Å². The summed E-state index contributed by atoms with van der Waals surface area (Å²) in [6.07, 6.45) is 2.37. The van der Waals surface area contributed by atoms with Crippen molar-refractivity contribution in [2.45, 2.75) is 25.9 Å². The van der Waals surface area contributed by atoms with Gasteiger partial charge in [0.15, 0.2) is 12.4 Å². The van der Waals surface area contributed by atoms with Crippen molar-refractivity contribution in [1.82, 2.24) is 20.5 Å². The molecule has 156 valence electrons. The largest absolute Gasteiger partial charge is 0.466 e. The predicted molar refractivity (Wildman–Crippen MR) is 112 cm³/mol. The number of ether oxygens (including phenoxy) is 1. The summed E-state index contributed by atoms with van der Waals surface area (Å²) in [7, 11) is 1.87. The van der Waals surface area contributed by atoms with Gasteiger partial charge in [0, 0.05) is 44.0 Å². The molecule has 3 rings (SSSR count). The highest BCUT2D eigenvalue weighted by molar-refractivity contribution is 5.77. The number of nitrogens with zero attached hydrogens (tertiary/aromatic N) is 4. The Morgan fingerprint density at radius 1 is 1.13 bits per heavy atom. The summed E-state index contributed by atoms with van der Waals surface area (Å²) in [6, 6.07) is 15.3. The van der Waals surface area contributed by atoms with Crippen molar-refractivity contribution in [3.8, 4) is 5.88 Å². The normalized spacial score (nSPS) is 11.6. The van der Waals surface area contributed by atoms with Gasteiger partial charge in [0.1, 0.15) is 5.82 Å². The summed E-state index contributed by atoms with van der Waals surface area (Å²) in [5, 5.41) is 11.0. The number of hydrogen-bond acceptors (Lipinski definition) is 6. The number of nitrogens with one attached hydrogen (secondary N) is 1. The fraction of sp³-hybridized carbons (Fsp3) is 0.273. The number of pyridine rings is 1. The maximum Gasteiger partial charge on any atom is 0.258 e. The molecule has 0 bridgehead atoms. The smallest absolute Gasteiger partial charge is 0.258 e. The second kappa shape index (κ2) is 10.3. The Morgan fingerprint density at radius 3 is 2.60 bits per heavy atom. The highest BCUT2D eigenvalue weighted by Gasteiger charge is 2.11. The summed E-state index contributed by atoms with van der Waals surface area (Å²) in [5.41, 5.74) is 1.87. The highest BCUT2D eigenvalue weighted by atomic mass is 19.1. The van der Waals surface area contributed by atoms with Crippen LogP contribution in [0.25, 0.3) is 0 Å². The van der Waals surface area contributed by atoms with E-state index >= 15 is 0 Å². The number of benzene rings is 1. The third-order valence-electron chi connectivity index (χ3n) is 4.35. The number of halogens is 1. The van der Waals surface area contributed by atoms with E-state index in [4.69, 9.17) is 4.74 Å². The molecule has 1 aromatic carbocycles. The first-order valence-electron chi connectivity index (χ1n) is 9.61. The Kier molecular flexibility index (Phi) is 7.26. The molecule has 30 heavy (non-hydrogen) atoms. The molecule has 2 heterocycles. The molecule has 0 radical (unpaired) electrons. The molecule has 1 N–H and O–H groups in total. The van der Waals surface area contributed by atoms with Crippen molar-refractivity contribution in [3.63, 3.8) is 0 Å². The number of hydrogen-bond donors (Lipinski definition) is 1. The van der Waals surface area contributed by atoms with Crippen LogP contribution in [-0.2, 0) is 17.8 Å². The van der Waals surface area contributed by atoms with Crippen LogP contribution in [0.15, 0.2) is 60.8 Å². The van der Waals surface area contributed by atoms with Crippen LogP contribution in [0.2, 0.25) is 0 Å². The Balaban J connectivity index is 1.44. The fourth-order valence-corrected chi connectivity index (χ4v) is 2.88. The molecule has 2 aromatic heterocycles. The maximum absolute atomic E-state index is 13.0. The van der Waals surface area contributed by atoms with Crippen LogP contribution in [0.3, 0.4) is 0 Å². The van der Waals surface area contributed by atoms with Gasteiger partial charge in [0.25, 0.3) is 5.91 Å². The zero-order chi connectivity index (χ0) is 21.3. The zero-order valence-corrected chi connectivity index (χ0v) is 17.0. The molecule has 0 fully saturated rings. The lowest BCUT2D eigenvalue weighted by atomic mass is 10.1. The van der Waals surface area contributed by atoms with Crippen LogP contribution in [0, 0.1) is 5.82 Å². The van der Waals surface area contributed by atoms with E-state index in [1.54, 1.807) is 30.5 Å². The van der Waals surface area contributed by atoms with E-state index in [1.807, 2.05) is 37.1 Å². The minimum Gasteiger partial charge on any atom is -0.466 e. The molecule has 0 aliphatic carbocycles. The molecule has 8 heteroatoms. The van der Waals surface area contributed by atoms with Gasteiger partial charge in [-0.2, -0.15) is 0 Å². The maximum atomic E-state index is 13.0. The molecule has 3 aromatic rings. The lowest BCUT2D eigenvalue weighted by molar-refractivity contribution is -0.123. The second-order valence-electron chi connectivity index (χ2n) is 6.99. The van der Waals surface area contributed by atoms with E-state index < -0.39 is 0 Å². The molecule has 1 amide bonds. The van der Waals surface area contributed by atoms with Crippen molar-refractivity contribution < 1.29 is 13.9 Å². The van der Waals surface area contributed by atoms with Crippen molar-refractivity contribution in [2.75, 3.05) is 18.6 Å². The van der Waals surface area contributed by atoms with Gasteiger partial charge >= 0.3 is 0 Å². The number of aromatic nitrogens is 3. The van der Waals surface area contributed by atoms with Gasteiger partial charge < -0.3 is 15.0 Å². The molecule has 0 aliphatic rings. The predicted octanol–water partition coefficient (Wildman–Crippen LogP) is 2.77. The van der Waals surface area contributed by atoms with E-state index in [0.717, 1.165) is 11.3 Å². The van der Waals surface area contributed by atoms with Gasteiger partial charge in [-0.15, -0.1) is 10.2 Å². The Labute approximate surface area is 174 Å². The summed E-state index contributed by atoms with van der Waals surface area (Å²) in [6.45, 7) is 2.33. The number of amides is 1. The topological polar surface area (TPSA) is 80.2 Å². The van der Waals surface area contributed by atoms with Gasteiger partial charge in [-0.1, -0.05) is 18.2 Å². The van der Waals surface area contributed by atoms with Gasteiger partial charge in [0.2, 0.25) is 5.88 Å². The SMILES string of the molecule is C[C@H](Cc1ccccn1)NC(=O)COc1ccc(N(C)Cc2ccc(F)cc2)nn1. The fourth-order valence-electron chi connectivity index (χ4n) is 2.88. The van der Waals surface area contributed by atoms with Crippen molar-refractivity contribution in [1.29, 1.82) is 0 Å². The third kappa shape index (κ3) is 6.51. The average molecular weight is 409 g/mol. The van der Waals surface area contributed by atoms with E-state index in [9.17, 15) is 9.18 Å². The summed E-state index contributed by atoms with van der Waals surface area (Å²) in [5.74, 6) is 0.400. The lowest BCUT2D eigenvalue weighted by Crippen LogP contribution is -2.37. The van der Waals surface area contributed by atoms with Crippen LogP contribution < -0.4 is 15.0 Å². The van der Waals surface area contributed by atoms with E-state index in [2.05, 4.69) is 20.5 Å². The number of anilines is 1. The summed E-state index contributed by atoms with van der Waals surface area (Å²) >= 11 is 0. The molecule has 7 nitrogen and oxygen atoms in total. The number of carbonyl (C=O) groups is 1. The van der Waals surface area contributed by atoms with Gasteiger partial charge in [0.05, 0.1) is 0 Å². The van der Waals surface area contributed by atoms with Crippen LogP contribution in [-0.4, -0.2) is 40.8 Å². The van der Waals surface area contributed by atoms with Crippen molar-refractivity contribution in [3.05, 3.63) is 77.9 Å². The monoisotopic (exact) mass is 409 g/mol. The highest BCUT2D eigenvalue weighted by Crippen LogP contribution is 2.15. The lowest BCUT2D eigenvalue weighted by Gasteiger charge is -2.18. The van der Waals surface area contributed by atoms with Crippen molar-refractivity contribution >= 4 is 11.7 Å². The quantitative estimate of drug-likeness (QED) is 0.585. The number of rotatable bonds is 9. The molecular formula is C22H24FN5O2. The van der Waals surface area contributed by atoms with E-state index in [0.29, 0.717) is 18.8 Å². The molecule has 1 atom stereocenters. The van der Waals surface area contributed by atoms with Crippen LogP contribution >= 0.6 is 0 Å². The molecule has 0 saturated carbocycles. The molecule has 0 aliphatic heterocycles. The van der Waals surface area contributed by atoms with E-state index in [-0.39, 0.29) is 30.3 Å². The van der Waals surface area contributed by atoms with Gasteiger partial charge in [-0.3, -0.25) is 9.78 Å². The Hall–Kier alpha value is -3.55. The molecule has 0 spiro atoms. The molecule has 0 saturated heterocycles. The Bertz CT molecular complexity index is 936. The second-order valence-corrected chi connectivity index (χ2v) is 6.99. The van der Waals surface area contributed by atoms with Crippen LogP contribution in [0.4, 0.5) is 10.2 Å². The first kappa shape index (κ1) is 21.2. The summed E-state index contributed by atoms with van der Waals surface area (Å²) < 4.78 is 18.4. The first-order chi connectivity index (χ1) is 14.5. The molecule has 0 unspecified atom stereocenters. The average Bonchev–Trinajstić information content (AvgIpc) is 2.75. The standard InChI is InChI=1S/C22H24FN5O2/c1-16(13-19-5-3-4-12-24-19)25-21(29)15-30-22-11-10-20(26-27-22)28(2)14-17-6-8-18(23)9-7-17/h3-12,16H,13-15H2,1-2H3,(H,25,29)/t16-/m1/s1. The first-order valence-corrected chi connectivity index (χ1v) is 9.61. The number of carbonyl (C=O) groups excluding carboxylic acids is 1. The molecular weight excluding hydrogens is 385 g/mol. The van der Waals surface area contributed by atoms with Crippen LogP contribution in [0.5, 0.6) is 5.88 Å². The van der Waals surface area contributed by atoms with E-state index in [1.165, 1.54) is 12.1 Å². The zero-order valence-electron chi connectivity index (χ0n) is 17.0. The summed E-state index contributed by atoms with van der Waals surface area (Å²) in [4.78, 5) is 18.2. The minimum absolute atomic E-state index is 0.0652. The van der Waals surface area contributed by atoms with Gasteiger partial charge in [-0.25, -0.2) is 4.39 Å². The Morgan fingerprint density at radius 2 is 1.93 bits per heavy atom. The minimum atomic E-state index is -0.266. The van der Waals surface area contributed by atoms with Gasteiger partial charge in [-0.05, 0) is 42.8 Å². The van der Waals surface area contributed by atoms with Crippen LogP contribution in [0.1, 0.15) is 18.2 Å².